The third-order valence-electron chi connectivity index (χ3n) is 4.07. The summed E-state index contributed by atoms with van der Waals surface area (Å²) in [5.74, 6) is 2.25. The maximum absolute atomic E-state index is 3.74. The van der Waals surface area contributed by atoms with Crippen LogP contribution in [-0.2, 0) is 0 Å². The maximum atomic E-state index is 3.74. The lowest BCUT2D eigenvalue weighted by Gasteiger charge is -2.27. The molecule has 17 heavy (non-hydrogen) atoms. The Morgan fingerprint density at radius 1 is 1.12 bits per heavy atom. The lowest BCUT2D eigenvalue weighted by Crippen LogP contribution is -2.38. The number of hydrogen-bond acceptors (Lipinski definition) is 2. The van der Waals surface area contributed by atoms with Crippen molar-refractivity contribution < 1.29 is 0 Å². The Bertz CT molecular complexity index is 176. The second kappa shape index (κ2) is 9.27. The summed E-state index contributed by atoms with van der Waals surface area (Å²) in [6.45, 7) is 8.03. The van der Waals surface area contributed by atoms with Crippen molar-refractivity contribution in [1.29, 1.82) is 0 Å². The summed E-state index contributed by atoms with van der Waals surface area (Å²) in [5.41, 5.74) is 0. The predicted octanol–water partition coefficient (Wildman–Crippen LogP) is 4.47. The van der Waals surface area contributed by atoms with E-state index in [-0.39, 0.29) is 0 Å². The van der Waals surface area contributed by atoms with Gasteiger partial charge in [-0.05, 0) is 31.7 Å². The van der Waals surface area contributed by atoms with Gasteiger partial charge in [-0.15, -0.1) is 0 Å². The Morgan fingerprint density at radius 2 is 1.76 bits per heavy atom. The van der Waals surface area contributed by atoms with Gasteiger partial charge in [0.1, 0.15) is 0 Å². The van der Waals surface area contributed by atoms with Crippen molar-refractivity contribution in [2.75, 3.05) is 12.3 Å². The maximum Gasteiger partial charge on any atom is 0.0186 e. The zero-order valence-electron chi connectivity index (χ0n) is 12.0. The molecule has 1 rings (SSSR count). The van der Waals surface area contributed by atoms with E-state index in [0.717, 1.165) is 23.8 Å². The van der Waals surface area contributed by atoms with Crippen LogP contribution in [0, 0.1) is 5.92 Å². The highest BCUT2D eigenvalue weighted by atomic mass is 32.2. The highest BCUT2D eigenvalue weighted by molar-refractivity contribution is 7.99. The normalized spacial score (nSPS) is 22.1. The number of hydrogen-bond donors (Lipinski definition) is 1. The Hall–Kier alpha value is 0.310. The molecule has 1 nitrogen and oxygen atoms in total. The van der Waals surface area contributed by atoms with Crippen LogP contribution in [0.4, 0.5) is 0 Å². The fraction of sp³-hybridized carbons (Fsp3) is 1.00. The summed E-state index contributed by atoms with van der Waals surface area (Å²) < 4.78 is 0. The molecule has 0 aromatic heterocycles. The van der Waals surface area contributed by atoms with Crippen LogP contribution in [0.15, 0.2) is 0 Å². The van der Waals surface area contributed by atoms with Crippen molar-refractivity contribution >= 4 is 11.8 Å². The van der Waals surface area contributed by atoms with Crippen molar-refractivity contribution in [3.05, 3.63) is 0 Å². The molecule has 1 saturated carbocycles. The third-order valence-corrected chi connectivity index (χ3v) is 5.52. The summed E-state index contributed by atoms with van der Waals surface area (Å²) in [4.78, 5) is 0. The molecule has 2 atom stereocenters. The summed E-state index contributed by atoms with van der Waals surface area (Å²) in [5, 5.41) is 4.56. The molecule has 0 radical (unpaired) electrons. The quantitative estimate of drug-likeness (QED) is 0.676. The van der Waals surface area contributed by atoms with Crippen LogP contribution in [0.1, 0.15) is 65.7 Å². The molecule has 102 valence electrons. The van der Waals surface area contributed by atoms with Gasteiger partial charge in [-0.1, -0.05) is 46.5 Å². The second-order valence-corrected chi connectivity index (χ2v) is 6.94. The minimum atomic E-state index is 0.761. The zero-order valence-corrected chi connectivity index (χ0v) is 12.8. The van der Waals surface area contributed by atoms with Gasteiger partial charge in [-0.25, -0.2) is 0 Å². The first-order chi connectivity index (χ1) is 8.27. The van der Waals surface area contributed by atoms with Crippen molar-refractivity contribution in [2.45, 2.75) is 77.0 Å². The standard InChI is InChI=1S/C15H31NS/c1-4-13(3)17-12-15(16-5-2)14-10-8-6-7-9-11-14/h13-16H,4-12H2,1-3H3. The SMILES string of the molecule is CCNC(CSC(C)CC)C1CCCCCC1. The molecular weight excluding hydrogens is 226 g/mol. The molecule has 1 aliphatic carbocycles. The summed E-state index contributed by atoms with van der Waals surface area (Å²) in [6.07, 6.45) is 10.1. The summed E-state index contributed by atoms with van der Waals surface area (Å²) in [6, 6.07) is 0.761. The largest absolute Gasteiger partial charge is 0.313 e. The summed E-state index contributed by atoms with van der Waals surface area (Å²) in [7, 11) is 0. The smallest absolute Gasteiger partial charge is 0.0186 e. The highest BCUT2D eigenvalue weighted by Gasteiger charge is 2.22. The van der Waals surface area contributed by atoms with Gasteiger partial charge in [0.05, 0.1) is 0 Å². The van der Waals surface area contributed by atoms with Crippen LogP contribution in [-0.4, -0.2) is 23.6 Å². The van der Waals surface area contributed by atoms with Crippen molar-refractivity contribution in [2.24, 2.45) is 5.92 Å². The molecule has 0 saturated heterocycles. The first-order valence-corrected chi connectivity index (χ1v) is 8.67. The monoisotopic (exact) mass is 257 g/mol. The van der Waals surface area contributed by atoms with Gasteiger partial charge in [-0.3, -0.25) is 0 Å². The van der Waals surface area contributed by atoms with Gasteiger partial charge in [0.15, 0.2) is 0 Å². The molecule has 1 N–H and O–H groups in total. The van der Waals surface area contributed by atoms with Gasteiger partial charge in [0.2, 0.25) is 0 Å². The van der Waals surface area contributed by atoms with Crippen molar-refractivity contribution in [1.82, 2.24) is 5.32 Å². The Balaban J connectivity index is 2.39. The van der Waals surface area contributed by atoms with E-state index in [0.29, 0.717) is 0 Å². The van der Waals surface area contributed by atoms with E-state index in [9.17, 15) is 0 Å². The van der Waals surface area contributed by atoms with E-state index in [2.05, 4.69) is 37.8 Å². The molecular formula is C15H31NS. The van der Waals surface area contributed by atoms with Gasteiger partial charge in [0.25, 0.3) is 0 Å². The fourth-order valence-corrected chi connectivity index (χ4v) is 3.88. The van der Waals surface area contributed by atoms with E-state index in [1.54, 1.807) is 0 Å². The molecule has 2 heteroatoms. The van der Waals surface area contributed by atoms with E-state index in [1.165, 1.54) is 50.7 Å². The predicted molar refractivity (Wildman–Crippen MR) is 80.9 cm³/mol. The van der Waals surface area contributed by atoms with Crippen LogP contribution in [0.5, 0.6) is 0 Å². The van der Waals surface area contributed by atoms with Crippen LogP contribution >= 0.6 is 11.8 Å². The lowest BCUT2D eigenvalue weighted by atomic mass is 9.93. The minimum absolute atomic E-state index is 0.761. The minimum Gasteiger partial charge on any atom is -0.313 e. The van der Waals surface area contributed by atoms with E-state index in [1.807, 2.05) is 0 Å². The van der Waals surface area contributed by atoms with E-state index >= 15 is 0 Å². The van der Waals surface area contributed by atoms with Gasteiger partial charge in [0, 0.05) is 17.0 Å². The molecule has 0 amide bonds. The Labute approximate surface area is 113 Å². The van der Waals surface area contributed by atoms with Gasteiger partial charge >= 0.3 is 0 Å². The van der Waals surface area contributed by atoms with E-state index < -0.39 is 0 Å². The zero-order chi connectivity index (χ0) is 12.5. The lowest BCUT2D eigenvalue weighted by molar-refractivity contribution is 0.347. The summed E-state index contributed by atoms with van der Waals surface area (Å²) >= 11 is 2.16. The first kappa shape index (κ1) is 15.4. The Morgan fingerprint density at radius 3 is 2.29 bits per heavy atom. The topological polar surface area (TPSA) is 12.0 Å². The van der Waals surface area contributed by atoms with Crippen LogP contribution < -0.4 is 5.32 Å². The van der Waals surface area contributed by atoms with Crippen LogP contribution in [0.3, 0.4) is 0 Å². The Kier molecular flexibility index (Phi) is 8.38. The van der Waals surface area contributed by atoms with Crippen LogP contribution in [0.2, 0.25) is 0 Å². The molecule has 0 bridgehead atoms. The van der Waals surface area contributed by atoms with Gasteiger partial charge < -0.3 is 5.32 Å². The molecule has 1 fully saturated rings. The molecule has 0 heterocycles. The first-order valence-electron chi connectivity index (χ1n) is 7.62. The number of thioether (sulfide) groups is 1. The average Bonchev–Trinajstić information content (AvgIpc) is 2.62. The van der Waals surface area contributed by atoms with Crippen LogP contribution in [0.25, 0.3) is 0 Å². The van der Waals surface area contributed by atoms with E-state index in [4.69, 9.17) is 0 Å². The molecule has 0 spiro atoms. The third kappa shape index (κ3) is 6.15. The molecule has 2 unspecified atom stereocenters. The molecule has 0 aromatic carbocycles. The van der Waals surface area contributed by atoms with Crippen molar-refractivity contribution in [3.8, 4) is 0 Å². The second-order valence-electron chi connectivity index (χ2n) is 5.47. The van der Waals surface area contributed by atoms with Gasteiger partial charge in [-0.2, -0.15) is 11.8 Å². The number of nitrogens with one attached hydrogen (secondary N) is 1. The highest BCUT2D eigenvalue weighted by Crippen LogP contribution is 2.28. The molecule has 1 aliphatic rings. The van der Waals surface area contributed by atoms with Crippen molar-refractivity contribution in [3.63, 3.8) is 0 Å². The average molecular weight is 257 g/mol. The molecule has 0 aromatic rings. The fourth-order valence-electron chi connectivity index (χ4n) is 2.72. The molecule has 0 aliphatic heterocycles. The number of rotatable bonds is 7.